The molecular formula is C27H23FN2O6. The summed E-state index contributed by atoms with van der Waals surface area (Å²) < 4.78 is 32.5. The van der Waals surface area contributed by atoms with Crippen molar-refractivity contribution in [3.63, 3.8) is 0 Å². The molecule has 0 radical (unpaired) electrons. The Morgan fingerprint density at radius 1 is 1.03 bits per heavy atom. The van der Waals surface area contributed by atoms with Gasteiger partial charge < -0.3 is 14.2 Å². The van der Waals surface area contributed by atoms with E-state index in [0.29, 0.717) is 5.56 Å². The van der Waals surface area contributed by atoms with Gasteiger partial charge in [-0.2, -0.15) is 4.39 Å². The molecule has 9 heteroatoms. The summed E-state index contributed by atoms with van der Waals surface area (Å²) in [6.07, 6.45) is -1.19. The molecule has 5 rings (SSSR count). The van der Waals surface area contributed by atoms with Gasteiger partial charge in [0.25, 0.3) is 5.56 Å². The van der Waals surface area contributed by atoms with Crippen LogP contribution in [-0.4, -0.2) is 34.3 Å². The number of nitrogens with one attached hydrogen (secondary N) is 1. The molecule has 1 aliphatic rings. The number of hydrogen-bond acceptors (Lipinski definition) is 6. The van der Waals surface area contributed by atoms with Gasteiger partial charge in [0.1, 0.15) is 18.9 Å². The number of aromatic amines is 1. The maximum atomic E-state index is 13.9. The fraction of sp³-hybridized carbons (Fsp3) is 0.222. The summed E-state index contributed by atoms with van der Waals surface area (Å²) >= 11 is 0. The number of aromatic nitrogens is 2. The summed E-state index contributed by atoms with van der Waals surface area (Å²) in [7, 11) is 0. The van der Waals surface area contributed by atoms with E-state index in [2.05, 4.69) is 0 Å². The Bertz CT molecular complexity index is 1490. The molecule has 1 aromatic heterocycles. The van der Waals surface area contributed by atoms with Gasteiger partial charge in [0, 0.05) is 6.42 Å². The van der Waals surface area contributed by atoms with Crippen molar-refractivity contribution in [1.82, 2.24) is 9.55 Å². The fourth-order valence-corrected chi connectivity index (χ4v) is 4.29. The van der Waals surface area contributed by atoms with E-state index in [1.807, 2.05) is 65.6 Å². The lowest BCUT2D eigenvalue weighted by Gasteiger charge is -2.19. The van der Waals surface area contributed by atoms with Crippen molar-refractivity contribution < 1.29 is 23.4 Å². The second kappa shape index (κ2) is 10.3. The van der Waals surface area contributed by atoms with E-state index in [1.165, 1.54) is 0 Å². The van der Waals surface area contributed by atoms with Gasteiger partial charge in [-0.25, -0.2) is 9.59 Å². The van der Waals surface area contributed by atoms with Crippen molar-refractivity contribution in [3.05, 3.63) is 117 Å². The SMILES string of the molecule is O=C(OC[C@@H]1O[C@H](n2cc(F)c(=O)[nH]c2=O)CC1OCc1ccccc1)c1cccc2ccccc12. The number of nitrogens with zero attached hydrogens (tertiary/aromatic N) is 1. The van der Waals surface area contributed by atoms with E-state index < -0.39 is 41.5 Å². The Labute approximate surface area is 204 Å². The van der Waals surface area contributed by atoms with Crippen LogP contribution in [0, 0.1) is 5.82 Å². The molecule has 3 aromatic carbocycles. The molecule has 2 heterocycles. The lowest BCUT2D eigenvalue weighted by molar-refractivity contribution is -0.0708. The number of esters is 1. The zero-order valence-corrected chi connectivity index (χ0v) is 19.1. The quantitative estimate of drug-likeness (QED) is 0.398. The highest BCUT2D eigenvalue weighted by atomic mass is 19.1. The number of rotatable bonds is 7. The maximum Gasteiger partial charge on any atom is 0.338 e. The number of ether oxygens (including phenoxy) is 3. The minimum atomic E-state index is -1.11. The van der Waals surface area contributed by atoms with Crippen LogP contribution < -0.4 is 11.2 Å². The highest BCUT2D eigenvalue weighted by Crippen LogP contribution is 2.31. The number of halogens is 1. The van der Waals surface area contributed by atoms with Crippen LogP contribution in [0.25, 0.3) is 10.8 Å². The van der Waals surface area contributed by atoms with Gasteiger partial charge in [-0.3, -0.25) is 14.3 Å². The highest BCUT2D eigenvalue weighted by molar-refractivity contribution is 6.04. The van der Waals surface area contributed by atoms with Crippen LogP contribution in [0.5, 0.6) is 0 Å². The zero-order valence-electron chi connectivity index (χ0n) is 19.1. The number of hydrogen-bond donors (Lipinski definition) is 1. The first-order valence-electron chi connectivity index (χ1n) is 11.5. The van der Waals surface area contributed by atoms with E-state index in [1.54, 1.807) is 12.1 Å². The van der Waals surface area contributed by atoms with E-state index in [-0.39, 0.29) is 19.6 Å². The van der Waals surface area contributed by atoms with Crippen LogP contribution in [0.3, 0.4) is 0 Å². The van der Waals surface area contributed by atoms with Gasteiger partial charge in [0.05, 0.1) is 24.5 Å². The van der Waals surface area contributed by atoms with Gasteiger partial charge in [-0.1, -0.05) is 66.7 Å². The molecule has 1 fully saturated rings. The Morgan fingerprint density at radius 2 is 1.78 bits per heavy atom. The molecule has 36 heavy (non-hydrogen) atoms. The molecule has 4 aromatic rings. The third-order valence-electron chi connectivity index (χ3n) is 6.11. The number of carbonyl (C=O) groups excluding carboxylic acids is 1. The molecule has 1 unspecified atom stereocenters. The smallest absolute Gasteiger partial charge is 0.338 e. The van der Waals surface area contributed by atoms with E-state index >= 15 is 0 Å². The third-order valence-corrected chi connectivity index (χ3v) is 6.11. The van der Waals surface area contributed by atoms with Crippen molar-refractivity contribution in [1.29, 1.82) is 0 Å². The summed E-state index contributed by atoms with van der Waals surface area (Å²) in [5, 5.41) is 1.68. The van der Waals surface area contributed by atoms with Crippen LogP contribution >= 0.6 is 0 Å². The molecule has 0 spiro atoms. The number of H-pyrrole nitrogens is 1. The predicted octanol–water partition coefficient (Wildman–Crippen LogP) is 3.56. The molecular weight excluding hydrogens is 467 g/mol. The molecule has 1 saturated heterocycles. The summed E-state index contributed by atoms with van der Waals surface area (Å²) in [6, 6.07) is 22.3. The molecule has 0 saturated carbocycles. The molecule has 8 nitrogen and oxygen atoms in total. The van der Waals surface area contributed by atoms with Crippen LogP contribution in [0.1, 0.15) is 28.6 Å². The Balaban J connectivity index is 1.34. The van der Waals surface area contributed by atoms with Gasteiger partial charge in [0.2, 0.25) is 5.82 Å². The number of carbonyl (C=O) groups is 1. The first-order valence-corrected chi connectivity index (χ1v) is 11.5. The van der Waals surface area contributed by atoms with Gasteiger partial charge in [-0.05, 0) is 22.4 Å². The Morgan fingerprint density at radius 3 is 2.61 bits per heavy atom. The molecule has 3 atom stereocenters. The fourth-order valence-electron chi connectivity index (χ4n) is 4.29. The molecule has 1 aliphatic heterocycles. The summed E-state index contributed by atoms with van der Waals surface area (Å²) in [4.78, 5) is 38.6. The minimum absolute atomic E-state index is 0.140. The van der Waals surface area contributed by atoms with E-state index in [0.717, 1.165) is 27.1 Å². The second-order valence-electron chi connectivity index (χ2n) is 8.47. The molecule has 0 aliphatic carbocycles. The Kier molecular flexibility index (Phi) is 6.75. The lowest BCUT2D eigenvalue weighted by atomic mass is 10.0. The van der Waals surface area contributed by atoms with Crippen LogP contribution in [-0.2, 0) is 20.8 Å². The van der Waals surface area contributed by atoms with Crippen LogP contribution in [0.4, 0.5) is 4.39 Å². The normalized spacial score (nSPS) is 19.4. The number of fused-ring (bicyclic) bond motifs is 1. The average Bonchev–Trinajstić information content (AvgIpc) is 3.31. The third kappa shape index (κ3) is 4.98. The van der Waals surface area contributed by atoms with Gasteiger partial charge in [0.15, 0.2) is 0 Å². The predicted molar refractivity (Wildman–Crippen MR) is 129 cm³/mol. The van der Waals surface area contributed by atoms with Crippen LogP contribution in [0.15, 0.2) is 88.6 Å². The van der Waals surface area contributed by atoms with Crippen molar-refractivity contribution in [2.75, 3.05) is 6.61 Å². The van der Waals surface area contributed by atoms with Gasteiger partial charge >= 0.3 is 11.7 Å². The van der Waals surface area contributed by atoms with E-state index in [9.17, 15) is 18.8 Å². The molecule has 1 N–H and O–H groups in total. The van der Waals surface area contributed by atoms with Crippen molar-refractivity contribution in [2.24, 2.45) is 0 Å². The summed E-state index contributed by atoms with van der Waals surface area (Å²) in [6.45, 7) is 0.128. The monoisotopic (exact) mass is 490 g/mol. The summed E-state index contributed by atoms with van der Waals surface area (Å²) in [5.74, 6) is -1.63. The first kappa shape index (κ1) is 23.7. The topological polar surface area (TPSA) is 99.6 Å². The highest BCUT2D eigenvalue weighted by Gasteiger charge is 2.38. The lowest BCUT2D eigenvalue weighted by Crippen LogP contribution is -2.34. The van der Waals surface area contributed by atoms with E-state index in [4.69, 9.17) is 14.2 Å². The van der Waals surface area contributed by atoms with Crippen molar-refractivity contribution in [3.8, 4) is 0 Å². The first-order chi connectivity index (χ1) is 17.5. The minimum Gasteiger partial charge on any atom is -0.459 e. The molecule has 0 amide bonds. The van der Waals surface area contributed by atoms with Gasteiger partial charge in [-0.15, -0.1) is 0 Å². The molecule has 184 valence electrons. The van der Waals surface area contributed by atoms with Crippen molar-refractivity contribution in [2.45, 2.75) is 31.5 Å². The maximum absolute atomic E-state index is 13.9. The van der Waals surface area contributed by atoms with Crippen molar-refractivity contribution >= 4 is 16.7 Å². The Hall–Kier alpha value is -4.08. The summed E-state index contributed by atoms with van der Waals surface area (Å²) in [5.41, 5.74) is -0.559. The standard InChI is InChI=1S/C27H23FN2O6/c28-21-14-30(27(33)29-25(21)31)24-13-22(34-15-17-7-2-1-3-8-17)23(36-24)16-35-26(32)20-12-6-10-18-9-4-5-11-19(18)20/h1-12,14,22-24H,13,15-16H2,(H,29,31,33)/t22?,23-,24-/m0/s1. The second-order valence-corrected chi connectivity index (χ2v) is 8.47. The van der Waals surface area contributed by atoms with Crippen LogP contribution in [0.2, 0.25) is 0 Å². The average molecular weight is 490 g/mol. The zero-order chi connectivity index (χ0) is 25.1. The number of benzene rings is 3. The molecule has 0 bridgehead atoms. The largest absolute Gasteiger partial charge is 0.459 e.